The molecular weight excluding hydrogens is 334 g/mol. The summed E-state index contributed by atoms with van der Waals surface area (Å²) in [7, 11) is 2.55. The van der Waals surface area contributed by atoms with Gasteiger partial charge in [-0.3, -0.25) is 0 Å². The van der Waals surface area contributed by atoms with E-state index in [1.165, 1.54) is 20.3 Å². The summed E-state index contributed by atoms with van der Waals surface area (Å²) < 4.78 is 19.7. The predicted molar refractivity (Wildman–Crippen MR) is 85.2 cm³/mol. The minimum atomic E-state index is -1.15. The topological polar surface area (TPSA) is 124 Å². The van der Waals surface area contributed by atoms with Crippen molar-refractivity contribution in [3.63, 3.8) is 0 Å². The van der Waals surface area contributed by atoms with Crippen LogP contribution in [0.4, 0.5) is 5.69 Å². The summed E-state index contributed by atoms with van der Waals surface area (Å²) in [6, 6.07) is 3.03. The molecular formula is C16H21NO8. The van der Waals surface area contributed by atoms with Crippen LogP contribution >= 0.6 is 0 Å². The minimum Gasteiger partial charge on any atom is -0.430 e. The van der Waals surface area contributed by atoms with Crippen LogP contribution in [-0.4, -0.2) is 68.7 Å². The van der Waals surface area contributed by atoms with E-state index in [4.69, 9.17) is 29.2 Å². The summed E-state index contributed by atoms with van der Waals surface area (Å²) in [4.78, 5) is 24.8. The van der Waals surface area contributed by atoms with Gasteiger partial charge < -0.3 is 34.5 Å². The number of carbonyl (C=O) groups is 2. The predicted octanol–water partition coefficient (Wildman–Crippen LogP) is -0.102. The average molecular weight is 355 g/mol. The molecule has 1 aliphatic rings. The third-order valence-corrected chi connectivity index (χ3v) is 3.69. The van der Waals surface area contributed by atoms with Gasteiger partial charge in [0.2, 0.25) is 12.6 Å². The molecule has 9 heteroatoms. The summed E-state index contributed by atoms with van der Waals surface area (Å²) in [6.07, 6.45) is -1.61. The number of carbonyl (C=O) groups excluding carboxylic acids is 2. The minimum absolute atomic E-state index is 0.0178. The van der Waals surface area contributed by atoms with E-state index in [0.717, 1.165) is 5.56 Å². The van der Waals surface area contributed by atoms with Crippen molar-refractivity contribution in [3.8, 4) is 0 Å². The SMILES string of the molecule is COC(CO)OC(=O)c1cc2c(cc1C(=O)OC(CO)OC)NCC2. The van der Waals surface area contributed by atoms with Crippen molar-refractivity contribution in [1.29, 1.82) is 0 Å². The van der Waals surface area contributed by atoms with Gasteiger partial charge in [-0.05, 0) is 24.1 Å². The Morgan fingerprint density at radius 2 is 1.56 bits per heavy atom. The number of hydrogen-bond acceptors (Lipinski definition) is 9. The second kappa shape index (κ2) is 8.77. The van der Waals surface area contributed by atoms with E-state index in [1.807, 2.05) is 0 Å². The maximum Gasteiger partial charge on any atom is 0.341 e. The zero-order valence-corrected chi connectivity index (χ0v) is 14.0. The number of rotatable bonds is 8. The van der Waals surface area contributed by atoms with Crippen LogP contribution in [0.1, 0.15) is 26.3 Å². The molecule has 2 rings (SSSR count). The van der Waals surface area contributed by atoms with Gasteiger partial charge >= 0.3 is 11.9 Å². The molecule has 138 valence electrons. The van der Waals surface area contributed by atoms with Gasteiger partial charge in [-0.1, -0.05) is 0 Å². The largest absolute Gasteiger partial charge is 0.430 e. The van der Waals surface area contributed by atoms with Gasteiger partial charge in [-0.2, -0.15) is 0 Å². The van der Waals surface area contributed by atoms with Crippen molar-refractivity contribution in [2.24, 2.45) is 0 Å². The molecule has 3 N–H and O–H groups in total. The molecule has 0 saturated heterocycles. The standard InChI is InChI=1S/C16H21NO8/c1-22-13(7-18)24-15(20)10-5-9-3-4-17-12(9)6-11(10)16(21)25-14(8-19)23-2/h5-6,13-14,17-19H,3-4,7-8H2,1-2H3. The molecule has 1 aliphatic heterocycles. The summed E-state index contributed by atoms with van der Waals surface area (Å²) in [6.45, 7) is -0.372. The molecule has 0 amide bonds. The highest BCUT2D eigenvalue weighted by molar-refractivity contribution is 6.04. The van der Waals surface area contributed by atoms with Crippen molar-refractivity contribution >= 4 is 17.6 Å². The molecule has 0 saturated carbocycles. The van der Waals surface area contributed by atoms with Gasteiger partial charge in [0.1, 0.15) is 13.2 Å². The number of esters is 2. The van der Waals surface area contributed by atoms with Crippen LogP contribution in [-0.2, 0) is 25.4 Å². The van der Waals surface area contributed by atoms with E-state index in [1.54, 1.807) is 6.07 Å². The molecule has 1 heterocycles. The Morgan fingerprint density at radius 1 is 1.04 bits per heavy atom. The van der Waals surface area contributed by atoms with Crippen molar-refractivity contribution in [1.82, 2.24) is 0 Å². The van der Waals surface area contributed by atoms with Gasteiger partial charge in [0.15, 0.2) is 0 Å². The smallest absolute Gasteiger partial charge is 0.341 e. The Bertz CT molecular complexity index is 572. The number of methoxy groups -OCH3 is 2. The fraction of sp³-hybridized carbons (Fsp3) is 0.500. The third-order valence-electron chi connectivity index (χ3n) is 3.69. The number of fused-ring (bicyclic) bond motifs is 1. The van der Waals surface area contributed by atoms with Crippen molar-refractivity contribution < 1.29 is 38.7 Å². The Hall–Kier alpha value is -2.20. The zero-order chi connectivity index (χ0) is 18.4. The molecule has 0 bridgehead atoms. The number of nitrogens with one attached hydrogen (secondary N) is 1. The second-order valence-corrected chi connectivity index (χ2v) is 5.24. The first-order valence-electron chi connectivity index (χ1n) is 7.64. The van der Waals surface area contributed by atoms with Crippen LogP contribution in [0.15, 0.2) is 12.1 Å². The van der Waals surface area contributed by atoms with Crippen LogP contribution in [0.5, 0.6) is 0 Å². The van der Waals surface area contributed by atoms with Crippen LogP contribution in [0.3, 0.4) is 0 Å². The van der Waals surface area contributed by atoms with Gasteiger partial charge in [0.05, 0.1) is 11.1 Å². The fourth-order valence-electron chi connectivity index (χ4n) is 2.37. The highest BCUT2D eigenvalue weighted by Gasteiger charge is 2.27. The quantitative estimate of drug-likeness (QED) is 0.433. The highest BCUT2D eigenvalue weighted by Crippen LogP contribution is 2.28. The molecule has 25 heavy (non-hydrogen) atoms. The summed E-state index contributed by atoms with van der Waals surface area (Å²) in [5, 5.41) is 21.3. The first kappa shape index (κ1) is 19.1. The number of benzene rings is 1. The summed E-state index contributed by atoms with van der Waals surface area (Å²) in [5.74, 6) is -1.68. The van der Waals surface area contributed by atoms with E-state index < -0.39 is 37.7 Å². The molecule has 0 fully saturated rings. The molecule has 0 radical (unpaired) electrons. The highest BCUT2D eigenvalue weighted by atomic mass is 16.7. The van der Waals surface area contributed by atoms with Gasteiger partial charge in [0, 0.05) is 26.5 Å². The van der Waals surface area contributed by atoms with E-state index >= 15 is 0 Å². The lowest BCUT2D eigenvalue weighted by atomic mass is 10.0. The maximum absolute atomic E-state index is 12.4. The van der Waals surface area contributed by atoms with Crippen LogP contribution in [0.25, 0.3) is 0 Å². The Kier molecular flexibility index (Phi) is 6.71. The first-order chi connectivity index (χ1) is 12.0. The molecule has 9 nitrogen and oxygen atoms in total. The molecule has 0 aromatic heterocycles. The molecule has 0 spiro atoms. The lowest BCUT2D eigenvalue weighted by Crippen LogP contribution is -2.27. The van der Waals surface area contributed by atoms with Crippen molar-refractivity contribution in [2.45, 2.75) is 19.0 Å². The number of anilines is 1. The number of ether oxygens (including phenoxy) is 4. The molecule has 0 aliphatic carbocycles. The van der Waals surface area contributed by atoms with E-state index in [2.05, 4.69) is 5.32 Å². The number of aliphatic hydroxyl groups excluding tert-OH is 2. The molecule has 1 aromatic carbocycles. The lowest BCUT2D eigenvalue weighted by Gasteiger charge is -2.17. The molecule has 2 unspecified atom stereocenters. The molecule has 2 atom stereocenters. The van der Waals surface area contributed by atoms with E-state index in [-0.39, 0.29) is 11.1 Å². The van der Waals surface area contributed by atoms with Gasteiger partial charge in [-0.25, -0.2) is 9.59 Å². The first-order valence-corrected chi connectivity index (χ1v) is 7.64. The molecule has 1 aromatic rings. The summed E-state index contributed by atoms with van der Waals surface area (Å²) in [5.41, 5.74) is 1.51. The Labute approximate surface area is 144 Å². The van der Waals surface area contributed by atoms with Crippen LogP contribution in [0.2, 0.25) is 0 Å². The normalized spacial score (nSPS) is 15.0. The van der Waals surface area contributed by atoms with Gasteiger partial charge in [-0.15, -0.1) is 0 Å². The Morgan fingerprint density at radius 3 is 2.04 bits per heavy atom. The fourth-order valence-corrected chi connectivity index (χ4v) is 2.37. The average Bonchev–Trinajstić information content (AvgIpc) is 3.10. The van der Waals surface area contributed by atoms with E-state index in [0.29, 0.717) is 18.7 Å². The monoisotopic (exact) mass is 355 g/mol. The summed E-state index contributed by atoms with van der Waals surface area (Å²) >= 11 is 0. The maximum atomic E-state index is 12.4. The van der Waals surface area contributed by atoms with Crippen LogP contribution < -0.4 is 5.32 Å². The van der Waals surface area contributed by atoms with Crippen LogP contribution in [0, 0.1) is 0 Å². The van der Waals surface area contributed by atoms with Gasteiger partial charge in [0.25, 0.3) is 0 Å². The third kappa shape index (κ3) is 4.45. The Balaban J connectivity index is 2.33. The van der Waals surface area contributed by atoms with Crippen molar-refractivity contribution in [3.05, 3.63) is 28.8 Å². The van der Waals surface area contributed by atoms with E-state index in [9.17, 15) is 9.59 Å². The zero-order valence-electron chi connectivity index (χ0n) is 14.0. The number of hydrogen-bond donors (Lipinski definition) is 3. The lowest BCUT2D eigenvalue weighted by molar-refractivity contribution is -0.115. The second-order valence-electron chi connectivity index (χ2n) is 5.24. The van der Waals surface area contributed by atoms with Crippen molar-refractivity contribution in [2.75, 3.05) is 39.3 Å². The number of aliphatic hydroxyl groups is 2.